The van der Waals surface area contributed by atoms with Gasteiger partial charge in [0.15, 0.2) is 0 Å². The molecule has 0 bridgehead atoms. The second-order valence-corrected chi connectivity index (χ2v) is 6.23. The van der Waals surface area contributed by atoms with Crippen LogP contribution in [0.5, 0.6) is 0 Å². The molecule has 1 aliphatic carbocycles. The minimum absolute atomic E-state index is 0.101. The van der Waals surface area contributed by atoms with Crippen LogP contribution in [-0.4, -0.2) is 11.1 Å². The van der Waals surface area contributed by atoms with Gasteiger partial charge in [-0.1, -0.05) is 36.5 Å². The molecule has 1 saturated carbocycles. The van der Waals surface area contributed by atoms with E-state index in [1.165, 1.54) is 6.07 Å². The molecule has 3 unspecified atom stereocenters. The van der Waals surface area contributed by atoms with E-state index in [0.29, 0.717) is 27.2 Å². The van der Waals surface area contributed by atoms with Gasteiger partial charge < -0.3 is 10.8 Å². The number of halogens is 2. The monoisotopic (exact) mass is 301 g/mol. The third-order valence-electron chi connectivity index (χ3n) is 3.93. The van der Waals surface area contributed by atoms with Crippen LogP contribution in [-0.2, 0) is 4.79 Å². The number of carbonyl (C=O) groups is 1. The number of aliphatic carboxylic acids is 1. The first kappa shape index (κ1) is 14.5. The lowest BCUT2D eigenvalue weighted by Crippen LogP contribution is -2.21. The number of carboxylic acids is 1. The summed E-state index contributed by atoms with van der Waals surface area (Å²) >= 11 is 12.0. The van der Waals surface area contributed by atoms with Crippen LogP contribution >= 0.6 is 23.2 Å². The van der Waals surface area contributed by atoms with E-state index in [-0.39, 0.29) is 5.92 Å². The van der Waals surface area contributed by atoms with Crippen molar-refractivity contribution in [2.75, 3.05) is 5.73 Å². The van der Waals surface area contributed by atoms with Crippen molar-refractivity contribution in [3.63, 3.8) is 0 Å². The Bertz CT molecular complexity index is 504. The minimum atomic E-state index is -0.857. The Hall–Kier alpha value is -0.930. The van der Waals surface area contributed by atoms with Crippen LogP contribution in [0.2, 0.25) is 10.0 Å². The molecule has 5 heteroatoms. The van der Waals surface area contributed by atoms with Crippen molar-refractivity contribution in [2.24, 2.45) is 11.8 Å². The predicted octanol–water partition coefficient (Wildman–Crippen LogP) is 4.18. The van der Waals surface area contributed by atoms with Gasteiger partial charge in [0.1, 0.15) is 0 Å². The van der Waals surface area contributed by atoms with Crippen LogP contribution in [0.1, 0.15) is 37.7 Å². The molecule has 3 N–H and O–H groups in total. The van der Waals surface area contributed by atoms with Crippen molar-refractivity contribution in [2.45, 2.75) is 32.1 Å². The summed E-state index contributed by atoms with van der Waals surface area (Å²) in [6.07, 6.45) is 2.87. The number of anilines is 1. The summed E-state index contributed by atoms with van der Waals surface area (Å²) in [7, 11) is 0. The maximum absolute atomic E-state index is 11.6. The van der Waals surface area contributed by atoms with Crippen LogP contribution < -0.4 is 5.73 Å². The molecule has 3 nitrogen and oxygen atoms in total. The molecule has 0 aliphatic heterocycles. The Morgan fingerprint density at radius 1 is 1.42 bits per heavy atom. The molecule has 0 spiro atoms. The summed E-state index contributed by atoms with van der Waals surface area (Å²) in [5, 5.41) is 10.3. The molecule has 3 atom stereocenters. The van der Waals surface area contributed by atoms with Crippen LogP contribution in [0.3, 0.4) is 0 Å². The Balaban J connectivity index is 2.42. The van der Waals surface area contributed by atoms with Crippen molar-refractivity contribution >= 4 is 34.9 Å². The van der Waals surface area contributed by atoms with Crippen molar-refractivity contribution in [1.82, 2.24) is 0 Å². The molecule has 2 rings (SSSR count). The molecule has 1 aliphatic rings. The number of hydrogen-bond donors (Lipinski definition) is 2. The van der Waals surface area contributed by atoms with Crippen LogP contribution in [0.25, 0.3) is 0 Å². The van der Waals surface area contributed by atoms with E-state index in [9.17, 15) is 9.90 Å². The molecule has 0 amide bonds. The van der Waals surface area contributed by atoms with Gasteiger partial charge in [-0.15, -0.1) is 0 Å². The van der Waals surface area contributed by atoms with Gasteiger partial charge in [0.05, 0.1) is 16.6 Å². The standard InChI is InChI=1S/C14H17Cl2NO2/c1-7-2-3-8(4-7)12(14(18)19)10-5-9(15)6-11(16)13(10)17/h5-8,12H,2-4,17H2,1H3,(H,18,19). The molecular formula is C14H17Cl2NO2. The largest absolute Gasteiger partial charge is 0.481 e. The SMILES string of the molecule is CC1CCC(C(C(=O)O)c2cc(Cl)cc(Cl)c2N)C1. The lowest BCUT2D eigenvalue weighted by Gasteiger charge is -2.22. The lowest BCUT2D eigenvalue weighted by molar-refractivity contribution is -0.140. The molecule has 19 heavy (non-hydrogen) atoms. The number of nitrogen functional groups attached to an aromatic ring is 1. The van der Waals surface area contributed by atoms with Gasteiger partial charge in [-0.3, -0.25) is 4.79 Å². The molecular weight excluding hydrogens is 285 g/mol. The molecule has 0 saturated heterocycles. The zero-order chi connectivity index (χ0) is 14.2. The molecule has 0 aromatic heterocycles. The molecule has 1 aromatic carbocycles. The Labute approximate surface area is 122 Å². The summed E-state index contributed by atoms with van der Waals surface area (Å²) < 4.78 is 0. The maximum atomic E-state index is 11.6. The summed E-state index contributed by atoms with van der Waals surface area (Å²) in [5.41, 5.74) is 6.82. The average molecular weight is 302 g/mol. The zero-order valence-corrected chi connectivity index (χ0v) is 12.2. The number of carboxylic acid groups (broad SMARTS) is 1. The first-order valence-electron chi connectivity index (χ1n) is 6.37. The van der Waals surface area contributed by atoms with Crippen molar-refractivity contribution < 1.29 is 9.90 Å². The molecule has 1 aromatic rings. The smallest absolute Gasteiger partial charge is 0.311 e. The second-order valence-electron chi connectivity index (χ2n) is 5.38. The number of hydrogen-bond acceptors (Lipinski definition) is 2. The zero-order valence-electron chi connectivity index (χ0n) is 10.7. The van der Waals surface area contributed by atoms with E-state index in [2.05, 4.69) is 6.92 Å². The van der Waals surface area contributed by atoms with Crippen molar-refractivity contribution in [3.05, 3.63) is 27.7 Å². The van der Waals surface area contributed by atoms with Gasteiger partial charge >= 0.3 is 5.97 Å². The Kier molecular flexibility index (Phi) is 4.26. The fraction of sp³-hybridized carbons (Fsp3) is 0.500. The van der Waals surface area contributed by atoms with E-state index < -0.39 is 11.9 Å². The minimum Gasteiger partial charge on any atom is -0.481 e. The third-order valence-corrected chi connectivity index (χ3v) is 4.47. The van der Waals surface area contributed by atoms with Gasteiger partial charge in [0.25, 0.3) is 0 Å². The first-order valence-corrected chi connectivity index (χ1v) is 7.13. The number of nitrogens with two attached hydrogens (primary N) is 1. The quantitative estimate of drug-likeness (QED) is 0.823. The lowest BCUT2D eigenvalue weighted by atomic mass is 9.83. The Morgan fingerprint density at radius 3 is 2.63 bits per heavy atom. The van der Waals surface area contributed by atoms with Crippen LogP contribution in [0.4, 0.5) is 5.69 Å². The van der Waals surface area contributed by atoms with Gasteiger partial charge in [0, 0.05) is 5.02 Å². The fourth-order valence-electron chi connectivity index (χ4n) is 3.00. The van der Waals surface area contributed by atoms with Gasteiger partial charge in [0.2, 0.25) is 0 Å². The molecule has 1 fully saturated rings. The van der Waals surface area contributed by atoms with E-state index in [1.54, 1.807) is 6.07 Å². The predicted molar refractivity (Wildman–Crippen MR) is 77.8 cm³/mol. The van der Waals surface area contributed by atoms with Crippen molar-refractivity contribution in [1.29, 1.82) is 0 Å². The summed E-state index contributed by atoms with van der Waals surface area (Å²) in [5.74, 6) is -0.822. The van der Waals surface area contributed by atoms with E-state index in [1.807, 2.05) is 0 Å². The van der Waals surface area contributed by atoms with E-state index >= 15 is 0 Å². The highest BCUT2D eigenvalue weighted by atomic mass is 35.5. The summed E-state index contributed by atoms with van der Waals surface area (Å²) in [4.78, 5) is 11.6. The molecule has 104 valence electrons. The van der Waals surface area contributed by atoms with Crippen LogP contribution in [0, 0.1) is 11.8 Å². The second kappa shape index (κ2) is 5.59. The van der Waals surface area contributed by atoms with Gasteiger partial charge in [-0.2, -0.15) is 0 Å². The van der Waals surface area contributed by atoms with E-state index in [0.717, 1.165) is 19.3 Å². The highest BCUT2D eigenvalue weighted by Crippen LogP contribution is 2.43. The maximum Gasteiger partial charge on any atom is 0.311 e. The highest BCUT2D eigenvalue weighted by molar-refractivity contribution is 6.36. The average Bonchev–Trinajstić information content (AvgIpc) is 2.71. The summed E-state index contributed by atoms with van der Waals surface area (Å²) in [6.45, 7) is 2.15. The fourth-order valence-corrected chi connectivity index (χ4v) is 3.51. The molecule has 0 heterocycles. The van der Waals surface area contributed by atoms with Crippen molar-refractivity contribution in [3.8, 4) is 0 Å². The van der Waals surface area contributed by atoms with Gasteiger partial charge in [-0.05, 0) is 42.4 Å². The summed E-state index contributed by atoms with van der Waals surface area (Å²) in [6, 6.07) is 3.17. The van der Waals surface area contributed by atoms with E-state index in [4.69, 9.17) is 28.9 Å². The normalized spacial score (nSPS) is 24.4. The first-order chi connectivity index (χ1) is 8.90. The third kappa shape index (κ3) is 2.98. The Morgan fingerprint density at radius 2 is 2.11 bits per heavy atom. The number of benzene rings is 1. The number of rotatable bonds is 3. The van der Waals surface area contributed by atoms with Crippen LogP contribution in [0.15, 0.2) is 12.1 Å². The van der Waals surface area contributed by atoms with Gasteiger partial charge in [-0.25, -0.2) is 0 Å². The highest BCUT2D eigenvalue weighted by Gasteiger charge is 2.36. The molecule has 0 radical (unpaired) electrons. The topological polar surface area (TPSA) is 63.3 Å².